The van der Waals surface area contributed by atoms with Crippen molar-refractivity contribution in [2.24, 2.45) is 0 Å². The van der Waals surface area contributed by atoms with Gasteiger partial charge in [0.2, 0.25) is 12.1 Å². The minimum Gasteiger partial charge on any atom is -0.540 e. The van der Waals surface area contributed by atoms with Gasteiger partial charge in [-0.25, -0.2) is 0 Å². The Morgan fingerprint density at radius 3 is 3.44 bits per heavy atom. The van der Waals surface area contributed by atoms with E-state index >= 15 is 0 Å². The molecule has 2 heterocycles. The Kier molecular flexibility index (Phi) is 0.958. The Morgan fingerprint density at radius 2 is 2.67 bits per heavy atom. The molecule has 1 aromatic rings. The van der Waals surface area contributed by atoms with Crippen molar-refractivity contribution in [3.05, 3.63) is 12.1 Å². The van der Waals surface area contributed by atoms with E-state index in [0.717, 1.165) is 17.3 Å². The van der Waals surface area contributed by atoms with Gasteiger partial charge >= 0.3 is 0 Å². The van der Waals surface area contributed by atoms with Crippen LogP contribution < -0.4 is 9.67 Å². The molecular weight excluding hydrogens is 138 g/mol. The van der Waals surface area contributed by atoms with Crippen molar-refractivity contribution in [3.63, 3.8) is 0 Å². The molecule has 0 bridgehead atoms. The maximum absolute atomic E-state index is 10.7. The van der Waals surface area contributed by atoms with E-state index in [9.17, 15) is 5.11 Å². The third-order valence-corrected chi connectivity index (χ3v) is 2.28. The number of hydrogen-bond acceptors (Lipinski definition) is 3. The van der Waals surface area contributed by atoms with Crippen LogP contribution in [-0.2, 0) is 11.6 Å². The molecule has 0 atom stereocenters. The smallest absolute Gasteiger partial charge is 0.223 e. The summed E-state index contributed by atoms with van der Waals surface area (Å²) in [5, 5.41) is 10.7. The quantitative estimate of drug-likeness (QED) is 0.474. The summed E-state index contributed by atoms with van der Waals surface area (Å²) in [6.07, 6.45) is 1.48. The van der Waals surface area contributed by atoms with Gasteiger partial charge in [-0.05, 0) is 0 Å². The number of fused-ring (bicyclic) bond motifs is 1. The van der Waals surface area contributed by atoms with Crippen LogP contribution in [0.5, 0.6) is 5.95 Å². The molecule has 0 saturated heterocycles. The van der Waals surface area contributed by atoms with Crippen molar-refractivity contribution >= 4 is 11.8 Å². The summed E-state index contributed by atoms with van der Waals surface area (Å²) >= 11 is 1.73. The maximum Gasteiger partial charge on any atom is 0.223 e. The van der Waals surface area contributed by atoms with Gasteiger partial charge in [0.15, 0.2) is 5.88 Å². The number of thioether (sulfide) groups is 1. The zero-order chi connectivity index (χ0) is 6.27. The number of rotatable bonds is 0. The SMILES string of the molecule is [O-]c1oc[n+]2c1CSC2. The topological polar surface area (TPSA) is 40.1 Å². The zero-order valence-corrected chi connectivity index (χ0v) is 5.48. The summed E-state index contributed by atoms with van der Waals surface area (Å²) in [6.45, 7) is 0. The van der Waals surface area contributed by atoms with Gasteiger partial charge in [-0.1, -0.05) is 11.8 Å². The highest BCUT2D eigenvalue weighted by Gasteiger charge is 2.20. The molecule has 0 aliphatic carbocycles. The standard InChI is InChI=1S/C5H5NO2S/c7-5-4-1-9-3-6(4)2-8-5/h2H,1,3H2. The van der Waals surface area contributed by atoms with E-state index in [0.29, 0.717) is 0 Å². The predicted molar refractivity (Wildman–Crippen MR) is 29.6 cm³/mol. The van der Waals surface area contributed by atoms with Gasteiger partial charge in [-0.3, -0.25) is 0 Å². The molecule has 0 radical (unpaired) electrons. The lowest BCUT2D eigenvalue weighted by Crippen LogP contribution is -2.28. The van der Waals surface area contributed by atoms with Gasteiger partial charge in [0, 0.05) is 0 Å². The first-order valence-corrected chi connectivity index (χ1v) is 3.78. The van der Waals surface area contributed by atoms with Crippen LogP contribution in [0.25, 0.3) is 0 Å². The van der Waals surface area contributed by atoms with E-state index in [1.165, 1.54) is 6.39 Å². The minimum absolute atomic E-state index is 0.181. The number of oxazole rings is 1. The van der Waals surface area contributed by atoms with E-state index < -0.39 is 0 Å². The summed E-state index contributed by atoms with van der Waals surface area (Å²) < 4.78 is 6.47. The summed E-state index contributed by atoms with van der Waals surface area (Å²) in [7, 11) is 0. The Balaban J connectivity index is 2.56. The lowest BCUT2D eigenvalue weighted by Gasteiger charge is -1.86. The van der Waals surface area contributed by atoms with Crippen LogP contribution in [0.4, 0.5) is 0 Å². The van der Waals surface area contributed by atoms with Crippen LogP contribution in [0.1, 0.15) is 5.69 Å². The summed E-state index contributed by atoms with van der Waals surface area (Å²) in [6, 6.07) is 0. The fraction of sp³-hybridized carbons (Fsp3) is 0.400. The normalized spacial score (nSPS) is 16.0. The van der Waals surface area contributed by atoms with Gasteiger partial charge in [-0.15, -0.1) is 0 Å². The van der Waals surface area contributed by atoms with Gasteiger partial charge < -0.3 is 9.52 Å². The molecule has 1 aliphatic heterocycles. The van der Waals surface area contributed by atoms with E-state index in [1.54, 1.807) is 11.8 Å². The molecule has 0 saturated carbocycles. The second kappa shape index (κ2) is 1.67. The monoisotopic (exact) mass is 143 g/mol. The van der Waals surface area contributed by atoms with Crippen molar-refractivity contribution in [1.82, 2.24) is 0 Å². The molecular formula is C5H5NO2S. The molecule has 9 heavy (non-hydrogen) atoms. The molecule has 0 fully saturated rings. The lowest BCUT2D eigenvalue weighted by atomic mass is 10.5. The average molecular weight is 143 g/mol. The van der Waals surface area contributed by atoms with Crippen molar-refractivity contribution in [1.29, 1.82) is 0 Å². The van der Waals surface area contributed by atoms with Gasteiger partial charge in [0.25, 0.3) is 0 Å². The van der Waals surface area contributed by atoms with Crippen LogP contribution >= 0.6 is 11.8 Å². The van der Waals surface area contributed by atoms with Gasteiger partial charge in [0.1, 0.15) is 5.95 Å². The summed E-state index contributed by atoms with van der Waals surface area (Å²) in [4.78, 5) is 0. The van der Waals surface area contributed by atoms with Crippen LogP contribution in [-0.4, -0.2) is 0 Å². The van der Waals surface area contributed by atoms with E-state index in [2.05, 4.69) is 4.42 Å². The molecule has 48 valence electrons. The van der Waals surface area contributed by atoms with Crippen molar-refractivity contribution in [3.8, 4) is 5.95 Å². The highest BCUT2D eigenvalue weighted by molar-refractivity contribution is 7.97. The Morgan fingerprint density at radius 1 is 1.78 bits per heavy atom. The fourth-order valence-electron chi connectivity index (χ4n) is 0.851. The zero-order valence-electron chi connectivity index (χ0n) is 4.66. The second-order valence-corrected chi connectivity index (χ2v) is 2.86. The number of nitrogens with zero attached hydrogens (tertiary/aromatic N) is 1. The molecule has 0 N–H and O–H groups in total. The van der Waals surface area contributed by atoms with Crippen molar-refractivity contribution < 1.29 is 14.1 Å². The van der Waals surface area contributed by atoms with Crippen LogP contribution in [0.3, 0.4) is 0 Å². The van der Waals surface area contributed by atoms with E-state index in [4.69, 9.17) is 0 Å². The van der Waals surface area contributed by atoms with Crippen molar-refractivity contribution in [2.45, 2.75) is 11.6 Å². The van der Waals surface area contributed by atoms with Crippen LogP contribution in [0.2, 0.25) is 0 Å². The molecule has 3 nitrogen and oxygen atoms in total. The van der Waals surface area contributed by atoms with Crippen LogP contribution in [0.15, 0.2) is 10.8 Å². The first-order chi connectivity index (χ1) is 4.38. The largest absolute Gasteiger partial charge is 0.540 e. The van der Waals surface area contributed by atoms with E-state index in [1.807, 2.05) is 4.57 Å². The second-order valence-electron chi connectivity index (χ2n) is 1.90. The highest BCUT2D eigenvalue weighted by atomic mass is 32.2. The summed E-state index contributed by atoms with van der Waals surface area (Å²) in [5.74, 6) is 1.48. The fourth-order valence-corrected chi connectivity index (χ4v) is 1.83. The minimum atomic E-state index is -0.181. The first-order valence-electron chi connectivity index (χ1n) is 2.62. The molecule has 4 heteroatoms. The molecule has 1 aliphatic rings. The number of hydrogen-bond donors (Lipinski definition) is 0. The molecule has 0 amide bonds. The molecule has 0 unspecified atom stereocenters. The molecule has 2 rings (SSSR count). The predicted octanol–water partition coefficient (Wildman–Crippen LogP) is -0.155. The van der Waals surface area contributed by atoms with E-state index in [-0.39, 0.29) is 5.95 Å². The lowest BCUT2D eigenvalue weighted by molar-refractivity contribution is -0.681. The molecule has 0 spiro atoms. The maximum atomic E-state index is 10.7. The third-order valence-electron chi connectivity index (χ3n) is 1.34. The third kappa shape index (κ3) is 0.627. The highest BCUT2D eigenvalue weighted by Crippen LogP contribution is 2.22. The number of aromatic nitrogens is 1. The Labute approximate surface area is 56.3 Å². The van der Waals surface area contributed by atoms with Crippen LogP contribution in [0, 0.1) is 0 Å². The van der Waals surface area contributed by atoms with Crippen molar-refractivity contribution in [2.75, 3.05) is 0 Å². The first kappa shape index (κ1) is 5.17. The van der Waals surface area contributed by atoms with Gasteiger partial charge in [0.05, 0.1) is 5.75 Å². The van der Waals surface area contributed by atoms with Gasteiger partial charge in [-0.2, -0.15) is 4.57 Å². The molecule has 0 aromatic carbocycles. The summed E-state index contributed by atoms with van der Waals surface area (Å²) in [5.41, 5.74) is 0.792. The average Bonchev–Trinajstić information content (AvgIpc) is 2.35. The Bertz CT molecular complexity index is 233. The molecule has 1 aromatic heterocycles. The Hall–Kier alpha value is -0.640.